The van der Waals surface area contributed by atoms with Gasteiger partial charge in [-0.1, -0.05) is 13.8 Å². The van der Waals surface area contributed by atoms with Crippen LogP contribution < -0.4 is 16.8 Å². The molecule has 0 aliphatic heterocycles. The van der Waals surface area contributed by atoms with Gasteiger partial charge in [0.05, 0.1) is 5.69 Å². The molecule has 0 spiro atoms. The van der Waals surface area contributed by atoms with Crippen LogP contribution in [0, 0.1) is 5.92 Å². The van der Waals surface area contributed by atoms with Crippen LogP contribution >= 0.6 is 0 Å². The lowest BCUT2D eigenvalue weighted by Crippen LogP contribution is -2.27. The van der Waals surface area contributed by atoms with Crippen LogP contribution in [0.4, 0.5) is 11.5 Å². The predicted molar refractivity (Wildman–Crippen MR) is 94.5 cm³/mol. The molecular formula is C17H28N6. The molecule has 1 aliphatic carbocycles. The number of nitrogens with two attached hydrogens (primary N) is 2. The van der Waals surface area contributed by atoms with Crippen molar-refractivity contribution in [1.82, 2.24) is 14.6 Å². The molecule has 2 aromatic rings. The summed E-state index contributed by atoms with van der Waals surface area (Å²) in [5, 5.41) is 8.08. The zero-order valence-electron chi connectivity index (χ0n) is 14.1. The first-order chi connectivity index (χ1) is 11.1. The third kappa shape index (κ3) is 3.42. The van der Waals surface area contributed by atoms with Crippen LogP contribution in [-0.2, 0) is 0 Å². The number of imidazole rings is 1. The van der Waals surface area contributed by atoms with Gasteiger partial charge in [-0.05, 0) is 43.9 Å². The number of hydrogen-bond donors (Lipinski definition) is 3. The maximum atomic E-state index is 6.31. The van der Waals surface area contributed by atoms with Gasteiger partial charge in [0.15, 0.2) is 5.65 Å². The molecule has 0 amide bonds. The lowest BCUT2D eigenvalue weighted by Gasteiger charge is -2.28. The summed E-state index contributed by atoms with van der Waals surface area (Å²) in [6, 6.07) is 0.327. The minimum absolute atomic E-state index is 0.327. The summed E-state index contributed by atoms with van der Waals surface area (Å²) in [5.41, 5.74) is 15.4. The summed E-state index contributed by atoms with van der Waals surface area (Å²) < 4.78 is 1.77. The zero-order valence-corrected chi connectivity index (χ0v) is 14.1. The Hall–Kier alpha value is -1.82. The minimum Gasteiger partial charge on any atom is -0.382 e. The van der Waals surface area contributed by atoms with Crippen LogP contribution in [0.2, 0.25) is 0 Å². The molecule has 2 aromatic heterocycles. The lowest BCUT2D eigenvalue weighted by atomic mass is 9.81. The van der Waals surface area contributed by atoms with E-state index in [4.69, 9.17) is 11.5 Å². The van der Waals surface area contributed by atoms with Crippen LogP contribution in [0.3, 0.4) is 0 Å². The largest absolute Gasteiger partial charge is 0.382 e. The first-order valence-corrected chi connectivity index (χ1v) is 8.68. The third-order valence-corrected chi connectivity index (χ3v) is 4.81. The molecule has 0 unspecified atom stereocenters. The van der Waals surface area contributed by atoms with E-state index in [-0.39, 0.29) is 0 Å². The first-order valence-electron chi connectivity index (χ1n) is 8.68. The van der Waals surface area contributed by atoms with Gasteiger partial charge in [0.25, 0.3) is 0 Å². The molecule has 23 heavy (non-hydrogen) atoms. The quantitative estimate of drug-likeness (QED) is 0.788. The van der Waals surface area contributed by atoms with E-state index in [0.717, 1.165) is 55.5 Å². The zero-order chi connectivity index (χ0) is 16.4. The summed E-state index contributed by atoms with van der Waals surface area (Å²) in [7, 11) is 0. The van der Waals surface area contributed by atoms with E-state index in [9.17, 15) is 0 Å². The molecule has 0 bridgehead atoms. The highest BCUT2D eigenvalue weighted by atomic mass is 15.3. The van der Waals surface area contributed by atoms with E-state index in [0.29, 0.717) is 23.7 Å². The van der Waals surface area contributed by atoms with E-state index in [1.165, 1.54) is 0 Å². The van der Waals surface area contributed by atoms with E-state index < -0.39 is 0 Å². The van der Waals surface area contributed by atoms with Crippen molar-refractivity contribution in [2.24, 2.45) is 11.7 Å². The fourth-order valence-corrected chi connectivity index (χ4v) is 3.46. The summed E-state index contributed by atoms with van der Waals surface area (Å²) in [4.78, 5) is 4.49. The van der Waals surface area contributed by atoms with E-state index >= 15 is 0 Å². The molecule has 1 fully saturated rings. The normalized spacial score (nSPS) is 21.9. The second-order valence-electron chi connectivity index (χ2n) is 7.09. The van der Waals surface area contributed by atoms with E-state index in [1.807, 2.05) is 6.20 Å². The van der Waals surface area contributed by atoms with Crippen LogP contribution in [0.25, 0.3) is 5.65 Å². The number of nitrogen functional groups attached to an aromatic ring is 1. The number of nitrogens with zero attached hydrogens (tertiary/aromatic N) is 3. The molecule has 5 N–H and O–H groups in total. The van der Waals surface area contributed by atoms with Gasteiger partial charge in [-0.2, -0.15) is 0 Å². The van der Waals surface area contributed by atoms with Gasteiger partial charge in [-0.15, -0.1) is 5.10 Å². The Morgan fingerprint density at radius 2 is 2.04 bits per heavy atom. The van der Waals surface area contributed by atoms with Crippen LogP contribution in [0.1, 0.15) is 57.4 Å². The fraction of sp³-hybridized carbons (Fsp3) is 0.647. The van der Waals surface area contributed by atoms with E-state index in [2.05, 4.69) is 29.2 Å². The number of rotatable bonds is 5. The highest BCUT2D eigenvalue weighted by molar-refractivity contribution is 5.76. The van der Waals surface area contributed by atoms with Crippen molar-refractivity contribution in [3.05, 3.63) is 18.0 Å². The van der Waals surface area contributed by atoms with Crippen LogP contribution in [0.15, 0.2) is 12.4 Å². The lowest BCUT2D eigenvalue weighted by molar-refractivity contribution is 0.396. The summed E-state index contributed by atoms with van der Waals surface area (Å²) in [6.07, 6.45) is 8.98. The molecule has 0 aromatic carbocycles. The SMILES string of the molecule is CC(C)CCNc1c(C2CCC(N)CC2)c(N)nn2ccnc12. The topological polar surface area (TPSA) is 94.3 Å². The number of aromatic nitrogens is 3. The van der Waals surface area contributed by atoms with Crippen LogP contribution in [-0.4, -0.2) is 27.2 Å². The molecule has 6 nitrogen and oxygen atoms in total. The van der Waals surface area contributed by atoms with Crippen molar-refractivity contribution in [3.63, 3.8) is 0 Å². The molecule has 0 saturated heterocycles. The molecule has 3 rings (SSSR count). The van der Waals surface area contributed by atoms with Crippen molar-refractivity contribution in [1.29, 1.82) is 0 Å². The molecule has 1 saturated carbocycles. The maximum Gasteiger partial charge on any atom is 0.177 e. The highest BCUT2D eigenvalue weighted by Crippen LogP contribution is 2.40. The van der Waals surface area contributed by atoms with Crippen molar-refractivity contribution in [2.75, 3.05) is 17.6 Å². The second-order valence-corrected chi connectivity index (χ2v) is 7.09. The molecule has 2 heterocycles. The van der Waals surface area contributed by atoms with Crippen molar-refractivity contribution < 1.29 is 0 Å². The number of anilines is 2. The molecular weight excluding hydrogens is 288 g/mol. The Morgan fingerprint density at radius 1 is 1.30 bits per heavy atom. The fourth-order valence-electron chi connectivity index (χ4n) is 3.46. The average Bonchev–Trinajstić information content (AvgIpc) is 2.96. The second kappa shape index (κ2) is 6.74. The van der Waals surface area contributed by atoms with Gasteiger partial charge in [-0.25, -0.2) is 9.50 Å². The van der Waals surface area contributed by atoms with Gasteiger partial charge >= 0.3 is 0 Å². The molecule has 6 heteroatoms. The van der Waals surface area contributed by atoms with Gasteiger partial charge < -0.3 is 16.8 Å². The molecule has 0 atom stereocenters. The molecule has 1 aliphatic rings. The van der Waals surface area contributed by atoms with Gasteiger partial charge in [0.2, 0.25) is 0 Å². The predicted octanol–water partition coefficient (Wildman–Crippen LogP) is 2.75. The Labute approximate surface area is 137 Å². The summed E-state index contributed by atoms with van der Waals surface area (Å²) >= 11 is 0. The number of hydrogen-bond acceptors (Lipinski definition) is 5. The summed E-state index contributed by atoms with van der Waals surface area (Å²) in [5.74, 6) is 1.70. The molecule has 126 valence electrons. The van der Waals surface area contributed by atoms with Gasteiger partial charge in [0.1, 0.15) is 5.82 Å². The highest BCUT2D eigenvalue weighted by Gasteiger charge is 2.26. The van der Waals surface area contributed by atoms with Crippen molar-refractivity contribution >= 4 is 17.2 Å². The Morgan fingerprint density at radius 3 is 2.74 bits per heavy atom. The standard InChI is InChI=1S/C17H28N6/c1-11(2)7-8-20-15-14(12-3-5-13(18)6-4-12)16(19)22-23-10-9-21-17(15)23/h9-13,20H,3-8,18H2,1-2H3,(H2,19,22). The number of nitrogens with one attached hydrogen (secondary N) is 1. The van der Waals surface area contributed by atoms with Crippen molar-refractivity contribution in [3.8, 4) is 0 Å². The first kappa shape index (κ1) is 16.1. The van der Waals surface area contributed by atoms with E-state index in [1.54, 1.807) is 10.7 Å². The van der Waals surface area contributed by atoms with Gasteiger partial charge in [0, 0.05) is 30.5 Å². The maximum absolute atomic E-state index is 6.31. The Kier molecular flexibility index (Phi) is 4.71. The Bertz CT molecular complexity index is 654. The average molecular weight is 316 g/mol. The number of fused-ring (bicyclic) bond motifs is 1. The third-order valence-electron chi connectivity index (χ3n) is 4.81. The monoisotopic (exact) mass is 316 g/mol. The van der Waals surface area contributed by atoms with Gasteiger partial charge in [-0.3, -0.25) is 0 Å². The smallest absolute Gasteiger partial charge is 0.177 e. The minimum atomic E-state index is 0.327. The Balaban J connectivity index is 1.95. The van der Waals surface area contributed by atoms with Crippen molar-refractivity contribution in [2.45, 2.75) is 57.9 Å². The molecule has 0 radical (unpaired) electrons. The van der Waals surface area contributed by atoms with Crippen LogP contribution in [0.5, 0.6) is 0 Å². The summed E-state index contributed by atoms with van der Waals surface area (Å²) in [6.45, 7) is 5.39.